The first-order chi connectivity index (χ1) is 20.8. The van der Waals surface area contributed by atoms with Crippen LogP contribution < -0.4 is 0 Å². The van der Waals surface area contributed by atoms with E-state index in [4.69, 9.17) is 15.0 Å². The lowest BCUT2D eigenvalue weighted by Gasteiger charge is -2.10. The smallest absolute Gasteiger partial charge is 0.164 e. The molecular formula is C37H25N5. The van der Waals surface area contributed by atoms with Crippen molar-refractivity contribution in [2.75, 3.05) is 0 Å². The summed E-state index contributed by atoms with van der Waals surface area (Å²) in [6.07, 6.45) is 3.66. The van der Waals surface area contributed by atoms with E-state index < -0.39 is 0 Å². The summed E-state index contributed by atoms with van der Waals surface area (Å²) in [5, 5.41) is 0. The minimum atomic E-state index is 0.617. The minimum absolute atomic E-state index is 0.617. The lowest BCUT2D eigenvalue weighted by Crippen LogP contribution is -2.00. The number of benzene rings is 4. The van der Waals surface area contributed by atoms with E-state index in [1.54, 1.807) is 6.20 Å². The maximum Gasteiger partial charge on any atom is 0.164 e. The first kappa shape index (κ1) is 25.2. The van der Waals surface area contributed by atoms with Crippen LogP contribution in [0.5, 0.6) is 0 Å². The number of hydrogen-bond donors (Lipinski definition) is 0. The Kier molecular flexibility index (Phi) is 6.81. The zero-order valence-corrected chi connectivity index (χ0v) is 22.7. The first-order valence-corrected chi connectivity index (χ1v) is 13.8. The van der Waals surface area contributed by atoms with Gasteiger partial charge in [-0.3, -0.25) is 9.97 Å². The summed E-state index contributed by atoms with van der Waals surface area (Å²) >= 11 is 0. The Labute approximate surface area is 244 Å². The second kappa shape index (κ2) is 11.4. The van der Waals surface area contributed by atoms with E-state index in [9.17, 15) is 0 Å². The fraction of sp³-hybridized carbons (Fsp3) is 0. The minimum Gasteiger partial charge on any atom is -0.255 e. The van der Waals surface area contributed by atoms with Crippen LogP contribution in [0.15, 0.2) is 152 Å². The second-order valence-corrected chi connectivity index (χ2v) is 9.84. The van der Waals surface area contributed by atoms with Crippen molar-refractivity contribution in [2.24, 2.45) is 0 Å². The molecule has 5 nitrogen and oxygen atoms in total. The number of hydrogen-bond acceptors (Lipinski definition) is 5. The summed E-state index contributed by atoms with van der Waals surface area (Å²) in [6.45, 7) is 0. The molecular weight excluding hydrogens is 514 g/mol. The Morgan fingerprint density at radius 3 is 1.45 bits per heavy atom. The van der Waals surface area contributed by atoms with Crippen LogP contribution in [0.1, 0.15) is 0 Å². The number of pyridine rings is 2. The molecule has 0 unspecified atom stereocenters. The van der Waals surface area contributed by atoms with Crippen molar-refractivity contribution in [1.82, 2.24) is 24.9 Å². The summed E-state index contributed by atoms with van der Waals surface area (Å²) in [6, 6.07) is 46.8. The number of nitrogens with zero attached hydrogens (tertiary/aromatic N) is 5. The van der Waals surface area contributed by atoms with Gasteiger partial charge in [0.1, 0.15) is 0 Å². The molecule has 0 aliphatic rings. The van der Waals surface area contributed by atoms with Crippen LogP contribution in [0.4, 0.5) is 0 Å². The molecule has 7 aromatic rings. The molecule has 0 aliphatic heterocycles. The summed E-state index contributed by atoms with van der Waals surface area (Å²) < 4.78 is 0. The molecule has 0 radical (unpaired) electrons. The van der Waals surface area contributed by atoms with Crippen molar-refractivity contribution in [3.05, 3.63) is 152 Å². The fourth-order valence-electron chi connectivity index (χ4n) is 4.86. The van der Waals surface area contributed by atoms with Crippen LogP contribution in [0.3, 0.4) is 0 Å². The Hall–Kier alpha value is -5.81. The van der Waals surface area contributed by atoms with E-state index in [0.29, 0.717) is 17.5 Å². The Morgan fingerprint density at radius 2 is 0.810 bits per heavy atom. The van der Waals surface area contributed by atoms with Crippen molar-refractivity contribution in [1.29, 1.82) is 0 Å². The van der Waals surface area contributed by atoms with Gasteiger partial charge in [-0.05, 0) is 41.0 Å². The highest BCUT2D eigenvalue weighted by molar-refractivity contribution is 5.74. The Bertz CT molecular complexity index is 1940. The van der Waals surface area contributed by atoms with Gasteiger partial charge in [0, 0.05) is 34.6 Å². The van der Waals surface area contributed by atoms with Gasteiger partial charge in [0.2, 0.25) is 0 Å². The molecule has 0 atom stereocenters. The monoisotopic (exact) mass is 539 g/mol. The molecule has 3 aromatic heterocycles. The van der Waals surface area contributed by atoms with Gasteiger partial charge < -0.3 is 0 Å². The Balaban J connectivity index is 1.27. The van der Waals surface area contributed by atoms with Crippen LogP contribution in [-0.2, 0) is 0 Å². The van der Waals surface area contributed by atoms with Gasteiger partial charge in [0.05, 0.1) is 11.4 Å². The third-order valence-electron chi connectivity index (χ3n) is 7.06. The van der Waals surface area contributed by atoms with Crippen molar-refractivity contribution >= 4 is 0 Å². The van der Waals surface area contributed by atoms with Crippen LogP contribution in [0, 0.1) is 0 Å². The summed E-state index contributed by atoms with van der Waals surface area (Å²) in [5.74, 6) is 1.88. The molecule has 42 heavy (non-hydrogen) atoms. The van der Waals surface area contributed by atoms with Gasteiger partial charge in [-0.2, -0.15) is 0 Å². The average Bonchev–Trinajstić information content (AvgIpc) is 3.09. The third-order valence-corrected chi connectivity index (χ3v) is 7.06. The molecule has 198 valence electrons. The van der Waals surface area contributed by atoms with Gasteiger partial charge in [0.15, 0.2) is 17.5 Å². The Morgan fingerprint density at radius 1 is 0.310 bits per heavy atom. The molecule has 0 aliphatic carbocycles. The molecule has 0 spiro atoms. The maximum absolute atomic E-state index is 4.94. The van der Waals surface area contributed by atoms with E-state index in [-0.39, 0.29) is 0 Å². The fourth-order valence-corrected chi connectivity index (χ4v) is 4.86. The van der Waals surface area contributed by atoms with Crippen molar-refractivity contribution in [2.45, 2.75) is 0 Å². The van der Waals surface area contributed by atoms with Crippen LogP contribution >= 0.6 is 0 Å². The predicted molar refractivity (Wildman–Crippen MR) is 168 cm³/mol. The third kappa shape index (κ3) is 5.31. The first-order valence-electron chi connectivity index (χ1n) is 13.8. The van der Waals surface area contributed by atoms with Gasteiger partial charge in [-0.1, -0.05) is 115 Å². The summed E-state index contributed by atoms with van der Waals surface area (Å²) in [7, 11) is 0. The molecule has 4 aromatic carbocycles. The van der Waals surface area contributed by atoms with E-state index in [2.05, 4.69) is 64.6 Å². The van der Waals surface area contributed by atoms with Gasteiger partial charge in [-0.25, -0.2) is 15.0 Å². The van der Waals surface area contributed by atoms with Crippen molar-refractivity contribution in [3.63, 3.8) is 0 Å². The van der Waals surface area contributed by atoms with E-state index >= 15 is 0 Å². The average molecular weight is 540 g/mol. The number of aromatic nitrogens is 5. The molecule has 0 fully saturated rings. The topological polar surface area (TPSA) is 64.5 Å². The quantitative estimate of drug-likeness (QED) is 0.212. The summed E-state index contributed by atoms with van der Waals surface area (Å²) in [4.78, 5) is 23.8. The molecule has 0 saturated heterocycles. The van der Waals surface area contributed by atoms with Gasteiger partial charge >= 0.3 is 0 Å². The molecule has 0 N–H and O–H groups in total. The van der Waals surface area contributed by atoms with Crippen molar-refractivity contribution in [3.8, 4) is 67.8 Å². The van der Waals surface area contributed by atoms with E-state index in [1.807, 2.05) is 91.1 Å². The van der Waals surface area contributed by atoms with E-state index in [0.717, 1.165) is 44.8 Å². The lowest BCUT2D eigenvalue weighted by molar-refractivity contribution is 1.07. The second-order valence-electron chi connectivity index (χ2n) is 9.84. The maximum atomic E-state index is 4.94. The zero-order chi connectivity index (χ0) is 28.1. The molecule has 7 rings (SSSR count). The normalized spacial score (nSPS) is 10.9. The molecule has 3 heterocycles. The van der Waals surface area contributed by atoms with Crippen LogP contribution in [0.2, 0.25) is 0 Å². The largest absolute Gasteiger partial charge is 0.255 e. The zero-order valence-electron chi connectivity index (χ0n) is 22.7. The van der Waals surface area contributed by atoms with Gasteiger partial charge in [0.25, 0.3) is 0 Å². The summed E-state index contributed by atoms with van der Waals surface area (Å²) in [5.41, 5.74) is 8.81. The predicted octanol–water partition coefficient (Wildman–Crippen LogP) is 8.66. The van der Waals surface area contributed by atoms with Gasteiger partial charge in [-0.15, -0.1) is 0 Å². The highest BCUT2D eigenvalue weighted by Gasteiger charge is 2.13. The number of rotatable bonds is 6. The molecule has 0 saturated carbocycles. The SMILES string of the molecule is c1ccc(-c2ccc(-c3nc(-c4ccccc4)nc(-c4cccc(-c5ccc(-c6ccccn6)nc5)c4)n3)cc2)cc1. The standard InChI is InChI=1S/C37H25N5/c1-3-10-26(11-4-1)27-17-19-29(20-18-27)36-40-35(28-12-5-2-6-13-28)41-37(42-36)31-15-9-14-30(24-31)32-21-22-34(39-25-32)33-16-7-8-23-38-33/h1-25H. The highest BCUT2D eigenvalue weighted by atomic mass is 15.0. The van der Waals surface area contributed by atoms with Crippen LogP contribution in [-0.4, -0.2) is 24.9 Å². The van der Waals surface area contributed by atoms with E-state index in [1.165, 1.54) is 5.56 Å². The van der Waals surface area contributed by atoms with Crippen molar-refractivity contribution < 1.29 is 0 Å². The van der Waals surface area contributed by atoms with Crippen LogP contribution in [0.25, 0.3) is 67.8 Å². The lowest BCUT2D eigenvalue weighted by atomic mass is 10.0. The molecule has 0 amide bonds. The molecule has 0 bridgehead atoms. The highest BCUT2D eigenvalue weighted by Crippen LogP contribution is 2.29. The molecule has 5 heteroatoms.